The Morgan fingerprint density at radius 3 is 2.95 bits per heavy atom. The molecule has 0 aromatic carbocycles. The van der Waals surface area contributed by atoms with Gasteiger partial charge in [-0.15, -0.1) is 0 Å². The number of aromatic nitrogens is 1. The summed E-state index contributed by atoms with van der Waals surface area (Å²) in [6.45, 7) is 5.33. The topological polar surface area (TPSA) is 45.2 Å². The third-order valence-electron chi connectivity index (χ3n) is 3.79. The highest BCUT2D eigenvalue weighted by Gasteiger charge is 2.17. The highest BCUT2D eigenvalue weighted by molar-refractivity contribution is 5.93. The third-order valence-corrected chi connectivity index (χ3v) is 3.79. The van der Waals surface area contributed by atoms with Crippen molar-refractivity contribution in [2.45, 2.75) is 38.6 Å². The van der Waals surface area contributed by atoms with Gasteiger partial charge in [-0.25, -0.2) is 0 Å². The Bertz CT molecular complexity index is 394. The standard InChI is InChI=1S/C15H23N3O/c1-13-5-2-3-11-18(13)12-4-8-17-15(19)14-6-9-16-10-7-14/h6-7,9-10,13H,2-5,8,11-12H2,1H3,(H,17,19)/t13-/m1/s1. The van der Waals surface area contributed by atoms with Gasteiger partial charge in [-0.3, -0.25) is 9.78 Å². The van der Waals surface area contributed by atoms with Crippen LogP contribution in [-0.2, 0) is 0 Å². The van der Waals surface area contributed by atoms with Crippen molar-refractivity contribution in [2.75, 3.05) is 19.6 Å². The molecule has 1 aliphatic rings. The largest absolute Gasteiger partial charge is 0.352 e. The van der Waals surface area contributed by atoms with Gasteiger partial charge in [0.15, 0.2) is 0 Å². The molecule has 0 aliphatic carbocycles. The summed E-state index contributed by atoms with van der Waals surface area (Å²) in [5.41, 5.74) is 0.682. The lowest BCUT2D eigenvalue weighted by atomic mass is 10.0. The highest BCUT2D eigenvalue weighted by Crippen LogP contribution is 2.16. The first-order valence-corrected chi connectivity index (χ1v) is 7.19. The fraction of sp³-hybridized carbons (Fsp3) is 0.600. The molecule has 0 saturated carbocycles. The summed E-state index contributed by atoms with van der Waals surface area (Å²) in [5, 5.41) is 2.96. The molecule has 19 heavy (non-hydrogen) atoms. The zero-order valence-electron chi connectivity index (χ0n) is 11.6. The lowest BCUT2D eigenvalue weighted by Gasteiger charge is -2.33. The Kier molecular flexibility index (Phi) is 5.33. The maximum atomic E-state index is 11.8. The monoisotopic (exact) mass is 261 g/mol. The minimum Gasteiger partial charge on any atom is -0.352 e. The maximum absolute atomic E-state index is 11.8. The van der Waals surface area contributed by atoms with Crippen LogP contribution in [0.2, 0.25) is 0 Å². The van der Waals surface area contributed by atoms with Crippen molar-refractivity contribution >= 4 is 5.91 Å². The first kappa shape index (κ1) is 14.0. The van der Waals surface area contributed by atoms with E-state index in [1.165, 1.54) is 25.8 Å². The van der Waals surface area contributed by atoms with Gasteiger partial charge >= 0.3 is 0 Å². The summed E-state index contributed by atoms with van der Waals surface area (Å²) < 4.78 is 0. The Morgan fingerprint density at radius 1 is 1.42 bits per heavy atom. The Morgan fingerprint density at radius 2 is 2.21 bits per heavy atom. The van der Waals surface area contributed by atoms with Crippen LogP contribution >= 0.6 is 0 Å². The summed E-state index contributed by atoms with van der Waals surface area (Å²) in [4.78, 5) is 18.2. The second-order valence-electron chi connectivity index (χ2n) is 5.23. The van der Waals surface area contributed by atoms with E-state index in [2.05, 4.69) is 22.1 Å². The zero-order valence-corrected chi connectivity index (χ0v) is 11.6. The first-order chi connectivity index (χ1) is 9.27. The number of amides is 1. The molecule has 4 nitrogen and oxygen atoms in total. The van der Waals surface area contributed by atoms with E-state index in [1.54, 1.807) is 24.5 Å². The zero-order chi connectivity index (χ0) is 13.5. The van der Waals surface area contributed by atoms with Gasteiger partial charge in [0.2, 0.25) is 0 Å². The molecule has 2 heterocycles. The summed E-state index contributed by atoms with van der Waals surface area (Å²) in [6, 6.07) is 4.18. The van der Waals surface area contributed by atoms with Crippen molar-refractivity contribution in [3.63, 3.8) is 0 Å². The quantitative estimate of drug-likeness (QED) is 0.825. The van der Waals surface area contributed by atoms with Gasteiger partial charge in [-0.2, -0.15) is 0 Å². The molecule has 2 rings (SSSR count). The average Bonchev–Trinajstić information content (AvgIpc) is 2.46. The normalized spacial score (nSPS) is 20.2. The maximum Gasteiger partial charge on any atom is 0.251 e. The molecule has 1 atom stereocenters. The van der Waals surface area contributed by atoms with Crippen LogP contribution in [0, 0.1) is 0 Å². The number of piperidine rings is 1. The summed E-state index contributed by atoms with van der Waals surface area (Å²) >= 11 is 0. The molecule has 1 amide bonds. The van der Waals surface area contributed by atoms with Crippen LogP contribution < -0.4 is 5.32 Å². The molecule has 4 heteroatoms. The van der Waals surface area contributed by atoms with Crippen LogP contribution in [0.15, 0.2) is 24.5 Å². The van der Waals surface area contributed by atoms with Gasteiger partial charge in [0, 0.05) is 37.1 Å². The smallest absolute Gasteiger partial charge is 0.251 e. The Labute approximate surface area is 115 Å². The molecule has 1 aliphatic heterocycles. The van der Waals surface area contributed by atoms with Crippen LogP contribution in [0.4, 0.5) is 0 Å². The number of carbonyl (C=O) groups is 1. The van der Waals surface area contributed by atoms with E-state index < -0.39 is 0 Å². The summed E-state index contributed by atoms with van der Waals surface area (Å²) in [6.07, 6.45) is 8.28. The van der Waals surface area contributed by atoms with Crippen LogP contribution in [0.1, 0.15) is 43.0 Å². The molecule has 1 N–H and O–H groups in total. The van der Waals surface area contributed by atoms with Gasteiger partial charge in [0.1, 0.15) is 0 Å². The second kappa shape index (κ2) is 7.24. The molecule has 0 radical (unpaired) electrons. The van der Waals surface area contributed by atoms with Crippen molar-refractivity contribution in [3.8, 4) is 0 Å². The Hall–Kier alpha value is -1.42. The number of nitrogens with one attached hydrogen (secondary N) is 1. The molecular formula is C15H23N3O. The fourth-order valence-electron chi connectivity index (χ4n) is 2.58. The predicted molar refractivity (Wildman–Crippen MR) is 76.1 cm³/mol. The highest BCUT2D eigenvalue weighted by atomic mass is 16.1. The fourth-order valence-corrected chi connectivity index (χ4v) is 2.58. The number of pyridine rings is 1. The molecule has 0 unspecified atom stereocenters. The number of likely N-dealkylation sites (tertiary alicyclic amines) is 1. The van der Waals surface area contributed by atoms with E-state index in [9.17, 15) is 4.79 Å². The number of hydrogen-bond donors (Lipinski definition) is 1. The van der Waals surface area contributed by atoms with Crippen LogP contribution in [0.3, 0.4) is 0 Å². The van der Waals surface area contributed by atoms with E-state index in [-0.39, 0.29) is 5.91 Å². The summed E-state index contributed by atoms with van der Waals surface area (Å²) in [7, 11) is 0. The van der Waals surface area contributed by atoms with E-state index in [1.807, 2.05) is 0 Å². The van der Waals surface area contributed by atoms with Crippen molar-refractivity contribution in [1.29, 1.82) is 0 Å². The predicted octanol–water partition coefficient (Wildman–Crippen LogP) is 2.08. The van der Waals surface area contributed by atoms with Gasteiger partial charge in [-0.05, 0) is 44.9 Å². The van der Waals surface area contributed by atoms with Crippen LogP contribution in [0.25, 0.3) is 0 Å². The van der Waals surface area contributed by atoms with Gasteiger partial charge in [0.25, 0.3) is 5.91 Å². The van der Waals surface area contributed by atoms with Crippen molar-refractivity contribution in [1.82, 2.24) is 15.2 Å². The minimum absolute atomic E-state index is 0.00547. The molecule has 0 spiro atoms. The molecule has 1 fully saturated rings. The van der Waals surface area contributed by atoms with E-state index in [4.69, 9.17) is 0 Å². The number of hydrogen-bond acceptors (Lipinski definition) is 3. The van der Waals surface area contributed by atoms with Crippen molar-refractivity contribution < 1.29 is 4.79 Å². The van der Waals surface area contributed by atoms with Gasteiger partial charge in [-0.1, -0.05) is 6.42 Å². The molecule has 0 bridgehead atoms. The van der Waals surface area contributed by atoms with E-state index in [0.29, 0.717) is 11.6 Å². The number of carbonyl (C=O) groups excluding carboxylic acids is 1. The minimum atomic E-state index is -0.00547. The van der Waals surface area contributed by atoms with E-state index >= 15 is 0 Å². The number of nitrogens with zero attached hydrogens (tertiary/aromatic N) is 2. The Balaban J connectivity index is 1.65. The van der Waals surface area contributed by atoms with E-state index in [0.717, 1.165) is 19.5 Å². The third kappa shape index (κ3) is 4.31. The molecule has 1 saturated heterocycles. The van der Waals surface area contributed by atoms with Crippen LogP contribution in [0.5, 0.6) is 0 Å². The lowest BCUT2D eigenvalue weighted by Crippen LogP contribution is -2.39. The van der Waals surface area contributed by atoms with Crippen LogP contribution in [-0.4, -0.2) is 41.5 Å². The summed E-state index contributed by atoms with van der Waals surface area (Å²) in [5.74, 6) is -0.00547. The first-order valence-electron chi connectivity index (χ1n) is 7.19. The molecular weight excluding hydrogens is 238 g/mol. The SMILES string of the molecule is C[C@@H]1CCCCN1CCCNC(=O)c1ccncc1. The second-order valence-corrected chi connectivity index (χ2v) is 5.23. The molecule has 1 aromatic heterocycles. The molecule has 104 valence electrons. The van der Waals surface area contributed by atoms with Crippen molar-refractivity contribution in [3.05, 3.63) is 30.1 Å². The number of rotatable bonds is 5. The average molecular weight is 261 g/mol. The molecule has 1 aromatic rings. The van der Waals surface area contributed by atoms with Gasteiger partial charge in [0.05, 0.1) is 0 Å². The lowest BCUT2D eigenvalue weighted by molar-refractivity contribution is 0.0949. The van der Waals surface area contributed by atoms with Crippen molar-refractivity contribution in [2.24, 2.45) is 0 Å². The van der Waals surface area contributed by atoms with Gasteiger partial charge < -0.3 is 10.2 Å².